The van der Waals surface area contributed by atoms with Gasteiger partial charge in [-0.3, -0.25) is 19.5 Å². The van der Waals surface area contributed by atoms with Crippen molar-refractivity contribution in [3.05, 3.63) is 59.7 Å². The molecule has 3 rings (SSSR count). The van der Waals surface area contributed by atoms with Gasteiger partial charge in [0.1, 0.15) is 0 Å². The molecule has 25 heavy (non-hydrogen) atoms. The molecule has 5 nitrogen and oxygen atoms in total. The van der Waals surface area contributed by atoms with E-state index >= 15 is 0 Å². The summed E-state index contributed by atoms with van der Waals surface area (Å²) in [6, 6.07) is 14.9. The first-order valence-electron chi connectivity index (χ1n) is 7.82. The molecule has 1 saturated heterocycles. The first-order valence-corrected chi connectivity index (χ1v) is 8.23. The van der Waals surface area contributed by atoms with Gasteiger partial charge in [-0.25, -0.2) is 0 Å². The number of benzene rings is 2. The van der Waals surface area contributed by atoms with Gasteiger partial charge in [0.15, 0.2) is 11.0 Å². The van der Waals surface area contributed by atoms with Crippen molar-refractivity contribution in [3.8, 4) is 0 Å². The van der Waals surface area contributed by atoms with Gasteiger partial charge in [-0.05, 0) is 55.9 Å². The molecule has 1 fully saturated rings. The maximum absolute atomic E-state index is 12.8. The van der Waals surface area contributed by atoms with Crippen molar-refractivity contribution in [3.63, 3.8) is 0 Å². The molecule has 0 spiro atoms. The van der Waals surface area contributed by atoms with Crippen LogP contribution in [-0.2, 0) is 9.59 Å². The van der Waals surface area contributed by atoms with Gasteiger partial charge >= 0.3 is 0 Å². The summed E-state index contributed by atoms with van der Waals surface area (Å²) >= 11 is 5.17. The summed E-state index contributed by atoms with van der Waals surface area (Å²) < 4.78 is 0. The number of anilines is 1. The third-order valence-corrected chi connectivity index (χ3v) is 4.15. The van der Waals surface area contributed by atoms with Crippen LogP contribution in [-0.4, -0.2) is 23.1 Å². The number of nitrogens with one attached hydrogen (secondary N) is 1. The average Bonchev–Trinajstić information content (AvgIpc) is 2.56. The van der Waals surface area contributed by atoms with Crippen LogP contribution in [0.5, 0.6) is 0 Å². The average molecular weight is 351 g/mol. The minimum atomic E-state index is -1.02. The Morgan fingerprint density at radius 3 is 2.48 bits per heavy atom. The topological polar surface area (TPSA) is 61.8 Å². The van der Waals surface area contributed by atoms with Crippen LogP contribution in [0.25, 0.3) is 0 Å². The van der Waals surface area contributed by atoms with Gasteiger partial charge in [0.2, 0.25) is 5.91 Å². The van der Waals surface area contributed by atoms with Crippen LogP contribution in [0.2, 0.25) is 0 Å². The second kappa shape index (κ2) is 6.94. The van der Waals surface area contributed by atoms with E-state index in [0.717, 1.165) is 11.1 Å². The largest absolute Gasteiger partial charge is 0.301 e. The Balaban J connectivity index is 1.89. The van der Waals surface area contributed by atoms with Gasteiger partial charge in [0.05, 0.1) is 11.4 Å². The summed E-state index contributed by atoms with van der Waals surface area (Å²) in [5, 5.41) is 2.66. The first kappa shape index (κ1) is 17.0. The van der Waals surface area contributed by atoms with Gasteiger partial charge in [-0.2, -0.15) is 0 Å². The van der Waals surface area contributed by atoms with E-state index in [2.05, 4.69) is 10.3 Å². The summed E-state index contributed by atoms with van der Waals surface area (Å²) in [4.78, 5) is 30.6. The highest BCUT2D eigenvalue weighted by atomic mass is 32.1. The third-order valence-electron chi connectivity index (χ3n) is 3.87. The molecule has 1 atom stereocenters. The highest BCUT2D eigenvalue weighted by Gasteiger charge is 2.38. The van der Waals surface area contributed by atoms with Crippen molar-refractivity contribution >= 4 is 46.7 Å². The lowest BCUT2D eigenvalue weighted by molar-refractivity contribution is -0.130. The van der Waals surface area contributed by atoms with Gasteiger partial charge in [-0.1, -0.05) is 29.8 Å². The lowest BCUT2D eigenvalue weighted by Gasteiger charge is -2.30. The van der Waals surface area contributed by atoms with Gasteiger partial charge in [0.25, 0.3) is 5.91 Å². The lowest BCUT2D eigenvalue weighted by Crippen LogP contribution is -2.58. The molecule has 2 aromatic carbocycles. The Morgan fingerprint density at radius 2 is 1.80 bits per heavy atom. The van der Waals surface area contributed by atoms with Crippen LogP contribution < -0.4 is 10.2 Å². The zero-order chi connectivity index (χ0) is 18.0. The zero-order valence-electron chi connectivity index (χ0n) is 13.9. The summed E-state index contributed by atoms with van der Waals surface area (Å²) in [5.74, 6) is -1.89. The molecule has 0 bridgehead atoms. The number of aliphatic imine (C=N–C) groups is 1. The molecule has 2 amide bonds. The Kier molecular flexibility index (Phi) is 4.72. The number of hydrogen-bond donors (Lipinski definition) is 1. The van der Waals surface area contributed by atoms with E-state index in [1.807, 2.05) is 50.2 Å². The fourth-order valence-electron chi connectivity index (χ4n) is 2.53. The number of amides is 2. The molecule has 1 heterocycles. The zero-order valence-corrected chi connectivity index (χ0v) is 14.7. The van der Waals surface area contributed by atoms with Crippen LogP contribution >= 0.6 is 12.2 Å². The van der Waals surface area contributed by atoms with Gasteiger partial charge in [-0.15, -0.1) is 0 Å². The second-order valence-electron chi connectivity index (χ2n) is 5.90. The highest BCUT2D eigenvalue weighted by molar-refractivity contribution is 7.80. The molecule has 0 radical (unpaired) electrons. The van der Waals surface area contributed by atoms with E-state index in [9.17, 15) is 9.59 Å². The molecule has 126 valence electrons. The number of thiocarbonyl (C=S) groups is 1. The fraction of sp³-hybridized carbons (Fsp3) is 0.158. The number of nitrogens with zero attached hydrogens (tertiary/aromatic N) is 2. The van der Waals surface area contributed by atoms with Crippen molar-refractivity contribution in [2.24, 2.45) is 10.9 Å². The summed E-state index contributed by atoms with van der Waals surface area (Å²) in [6.07, 6.45) is 1.37. The van der Waals surface area contributed by atoms with E-state index < -0.39 is 17.7 Å². The lowest BCUT2D eigenvalue weighted by atomic mass is 10.1. The standard InChI is InChI=1S/C19H17N3O2S/c1-12-6-8-15(9-7-12)22-18(24)16(17(23)21-19(22)25)11-20-14-5-3-4-13(2)10-14/h3-11,16H,1-2H3,(H,21,23,25)/t16-/m1/s1. The maximum Gasteiger partial charge on any atom is 0.251 e. The minimum absolute atomic E-state index is 0.0825. The summed E-state index contributed by atoms with van der Waals surface area (Å²) in [5.41, 5.74) is 3.43. The predicted molar refractivity (Wildman–Crippen MR) is 102 cm³/mol. The SMILES string of the molecule is Cc1ccc(N2C(=O)[C@H](C=Nc3cccc(C)c3)C(=O)NC2=S)cc1. The fourth-order valence-corrected chi connectivity index (χ4v) is 2.82. The highest BCUT2D eigenvalue weighted by Crippen LogP contribution is 2.21. The van der Waals surface area contributed by atoms with E-state index in [1.54, 1.807) is 12.1 Å². The Hall–Kier alpha value is -2.86. The normalized spacial score (nSPS) is 17.9. The van der Waals surface area contributed by atoms with E-state index in [-0.39, 0.29) is 5.11 Å². The van der Waals surface area contributed by atoms with Crippen LogP contribution in [0.3, 0.4) is 0 Å². The number of carbonyl (C=O) groups is 2. The summed E-state index contributed by atoms with van der Waals surface area (Å²) in [7, 11) is 0. The van der Waals surface area contributed by atoms with Crippen molar-refractivity contribution in [2.75, 3.05) is 4.90 Å². The van der Waals surface area contributed by atoms with Crippen molar-refractivity contribution in [1.82, 2.24) is 5.32 Å². The van der Waals surface area contributed by atoms with E-state index in [0.29, 0.717) is 11.4 Å². The van der Waals surface area contributed by atoms with E-state index in [1.165, 1.54) is 11.1 Å². The minimum Gasteiger partial charge on any atom is -0.301 e. The quantitative estimate of drug-likeness (QED) is 0.525. The Labute approximate surface area is 151 Å². The van der Waals surface area contributed by atoms with E-state index in [4.69, 9.17) is 12.2 Å². The molecule has 0 unspecified atom stereocenters. The third kappa shape index (κ3) is 3.64. The number of carbonyl (C=O) groups excluding carboxylic acids is 2. The van der Waals surface area contributed by atoms with Crippen LogP contribution in [0, 0.1) is 19.8 Å². The van der Waals surface area contributed by atoms with Crippen LogP contribution in [0.4, 0.5) is 11.4 Å². The molecule has 2 aromatic rings. The molecule has 1 N–H and O–H groups in total. The van der Waals surface area contributed by atoms with Crippen LogP contribution in [0.15, 0.2) is 53.5 Å². The monoisotopic (exact) mass is 351 g/mol. The van der Waals surface area contributed by atoms with Crippen molar-refractivity contribution in [1.29, 1.82) is 0 Å². The predicted octanol–water partition coefficient (Wildman–Crippen LogP) is 3.07. The Bertz CT molecular complexity index is 874. The molecule has 1 aliphatic heterocycles. The second-order valence-corrected chi connectivity index (χ2v) is 6.29. The maximum atomic E-state index is 12.8. The number of aryl methyl sites for hydroxylation is 2. The molecular formula is C19H17N3O2S. The Morgan fingerprint density at radius 1 is 1.08 bits per heavy atom. The molecule has 0 saturated carbocycles. The molecule has 1 aliphatic rings. The van der Waals surface area contributed by atoms with Gasteiger partial charge in [0, 0.05) is 6.21 Å². The molecule has 6 heteroatoms. The smallest absolute Gasteiger partial charge is 0.251 e. The van der Waals surface area contributed by atoms with Crippen LogP contribution in [0.1, 0.15) is 11.1 Å². The molecular weight excluding hydrogens is 334 g/mol. The number of rotatable bonds is 3. The molecule has 0 aromatic heterocycles. The summed E-state index contributed by atoms with van der Waals surface area (Å²) in [6.45, 7) is 3.91. The van der Waals surface area contributed by atoms with Gasteiger partial charge < -0.3 is 5.32 Å². The molecule has 0 aliphatic carbocycles. The van der Waals surface area contributed by atoms with Crippen molar-refractivity contribution in [2.45, 2.75) is 13.8 Å². The number of hydrogen-bond acceptors (Lipinski definition) is 4. The first-order chi connectivity index (χ1) is 12.0. The van der Waals surface area contributed by atoms with Crippen molar-refractivity contribution < 1.29 is 9.59 Å².